The first-order valence-corrected chi connectivity index (χ1v) is 7.07. The predicted molar refractivity (Wildman–Crippen MR) is 70.6 cm³/mol. The van der Waals surface area contributed by atoms with E-state index in [4.69, 9.17) is 10.6 Å². The highest BCUT2D eigenvalue weighted by molar-refractivity contribution is 7.89. The lowest BCUT2D eigenvalue weighted by Crippen LogP contribution is -2.31. The van der Waals surface area contributed by atoms with Crippen LogP contribution in [0.25, 0.3) is 0 Å². The second-order valence-corrected chi connectivity index (χ2v) is 5.68. The molecule has 1 aromatic rings. The minimum absolute atomic E-state index is 0.159. The fourth-order valence-electron chi connectivity index (χ4n) is 1.44. The Hall–Kier alpha value is -1.15. The summed E-state index contributed by atoms with van der Waals surface area (Å²) in [6.07, 6.45) is 0. The normalized spacial score (nSPS) is 11.8. The minimum atomic E-state index is -3.55. The molecule has 0 aliphatic heterocycles. The van der Waals surface area contributed by atoms with E-state index in [-0.39, 0.29) is 4.90 Å². The van der Waals surface area contributed by atoms with Crippen molar-refractivity contribution in [2.45, 2.75) is 11.8 Å². The molecule has 102 valence electrons. The molecule has 0 aliphatic rings. The Kier molecular flexibility index (Phi) is 5.54. The first-order chi connectivity index (χ1) is 8.54. The zero-order valence-corrected chi connectivity index (χ0v) is 11.4. The van der Waals surface area contributed by atoms with E-state index in [9.17, 15) is 8.42 Å². The van der Waals surface area contributed by atoms with Crippen LogP contribution >= 0.6 is 0 Å². The lowest BCUT2D eigenvalue weighted by atomic mass is 10.3. The van der Waals surface area contributed by atoms with Crippen molar-refractivity contribution in [2.75, 3.05) is 32.2 Å². The fourth-order valence-corrected chi connectivity index (χ4v) is 2.74. The van der Waals surface area contributed by atoms with Crippen molar-refractivity contribution < 1.29 is 13.2 Å². The predicted octanol–water partition coefficient (Wildman–Crippen LogP) is 0.629. The van der Waals surface area contributed by atoms with E-state index in [1.165, 1.54) is 17.4 Å². The van der Waals surface area contributed by atoms with Crippen LogP contribution in [0, 0.1) is 0 Å². The molecule has 0 aliphatic carbocycles. The molecule has 1 rings (SSSR count). The van der Waals surface area contributed by atoms with E-state index in [2.05, 4.69) is 5.43 Å². The summed E-state index contributed by atoms with van der Waals surface area (Å²) in [5, 5.41) is 0. The molecule has 18 heavy (non-hydrogen) atoms. The third-order valence-electron chi connectivity index (χ3n) is 2.49. The molecule has 0 heterocycles. The van der Waals surface area contributed by atoms with Crippen LogP contribution in [0.15, 0.2) is 29.2 Å². The Balaban J connectivity index is 2.91. The first-order valence-electron chi connectivity index (χ1n) is 5.63. The molecule has 0 spiro atoms. The van der Waals surface area contributed by atoms with Crippen molar-refractivity contribution in [3.8, 4) is 0 Å². The van der Waals surface area contributed by atoms with Gasteiger partial charge in [0.15, 0.2) is 0 Å². The Morgan fingerprint density at radius 3 is 2.67 bits per heavy atom. The average Bonchev–Trinajstić information content (AvgIpc) is 2.38. The highest BCUT2D eigenvalue weighted by Gasteiger charge is 2.23. The molecule has 0 saturated carbocycles. The maximum Gasteiger partial charge on any atom is 0.244 e. The molecular formula is C11H19N3O3S. The van der Waals surface area contributed by atoms with Crippen LogP contribution in [0.3, 0.4) is 0 Å². The summed E-state index contributed by atoms with van der Waals surface area (Å²) < 4.78 is 31.0. The van der Waals surface area contributed by atoms with Gasteiger partial charge in [0.2, 0.25) is 10.0 Å². The fraction of sp³-hybridized carbons (Fsp3) is 0.455. The number of likely N-dealkylation sites (N-methyl/N-ethyl adjacent to an activating group) is 1. The first kappa shape index (κ1) is 14.9. The van der Waals surface area contributed by atoms with Crippen molar-refractivity contribution in [1.29, 1.82) is 0 Å². The van der Waals surface area contributed by atoms with Gasteiger partial charge in [-0.3, -0.25) is 5.84 Å². The van der Waals surface area contributed by atoms with E-state index >= 15 is 0 Å². The Morgan fingerprint density at radius 2 is 2.06 bits per heavy atom. The third-order valence-corrected chi connectivity index (χ3v) is 4.40. The van der Waals surface area contributed by atoms with Gasteiger partial charge < -0.3 is 10.2 Å². The summed E-state index contributed by atoms with van der Waals surface area (Å²) in [7, 11) is -2.04. The zero-order valence-electron chi connectivity index (χ0n) is 10.6. The third kappa shape index (κ3) is 3.42. The number of hydrazine groups is 1. The molecular weight excluding hydrogens is 254 g/mol. The Labute approximate surface area is 108 Å². The minimum Gasteiger partial charge on any atom is -0.380 e. The average molecular weight is 273 g/mol. The number of ether oxygens (including phenoxy) is 1. The van der Waals surface area contributed by atoms with Crippen molar-refractivity contribution >= 4 is 15.7 Å². The second-order valence-electron chi connectivity index (χ2n) is 3.66. The lowest BCUT2D eigenvalue weighted by Gasteiger charge is -2.18. The van der Waals surface area contributed by atoms with Gasteiger partial charge in [0.05, 0.1) is 12.3 Å². The van der Waals surface area contributed by atoms with Crippen molar-refractivity contribution in [3.63, 3.8) is 0 Å². The number of hydrogen-bond donors (Lipinski definition) is 2. The summed E-state index contributed by atoms with van der Waals surface area (Å²) in [6.45, 7) is 3.09. The van der Waals surface area contributed by atoms with Gasteiger partial charge in [0.1, 0.15) is 4.90 Å². The van der Waals surface area contributed by atoms with Gasteiger partial charge in [-0.1, -0.05) is 12.1 Å². The van der Waals surface area contributed by atoms with E-state index in [0.29, 0.717) is 25.4 Å². The van der Waals surface area contributed by atoms with Gasteiger partial charge in [-0.2, -0.15) is 4.31 Å². The number of nitrogens with zero attached hydrogens (tertiary/aromatic N) is 1. The number of benzene rings is 1. The number of sulfonamides is 1. The van der Waals surface area contributed by atoms with Crippen molar-refractivity contribution in [2.24, 2.45) is 5.84 Å². The maximum absolute atomic E-state index is 12.3. The smallest absolute Gasteiger partial charge is 0.244 e. The molecule has 0 atom stereocenters. The zero-order chi connectivity index (χ0) is 13.6. The number of rotatable bonds is 7. The number of anilines is 1. The standard InChI is InChI=1S/C11H19N3O3S/c1-3-17-9-8-14(2)18(15,16)11-7-5-4-6-10(11)13-12/h4-7,13H,3,8-9,12H2,1-2H3. The van der Waals surface area contributed by atoms with Gasteiger partial charge in [-0.25, -0.2) is 8.42 Å². The largest absolute Gasteiger partial charge is 0.380 e. The van der Waals surface area contributed by atoms with Crippen LogP contribution in [-0.4, -0.2) is 39.5 Å². The highest BCUT2D eigenvalue weighted by atomic mass is 32.2. The van der Waals surface area contributed by atoms with Crippen LogP contribution < -0.4 is 11.3 Å². The van der Waals surface area contributed by atoms with Gasteiger partial charge in [0, 0.05) is 20.2 Å². The lowest BCUT2D eigenvalue weighted by molar-refractivity contribution is 0.138. The van der Waals surface area contributed by atoms with Gasteiger partial charge in [-0.05, 0) is 19.1 Å². The number of nitrogens with two attached hydrogens (primary N) is 1. The summed E-state index contributed by atoms with van der Waals surface area (Å²) in [5.74, 6) is 5.31. The van der Waals surface area contributed by atoms with E-state index in [0.717, 1.165) is 0 Å². The molecule has 0 radical (unpaired) electrons. The van der Waals surface area contributed by atoms with E-state index in [1.807, 2.05) is 6.92 Å². The number of nitrogens with one attached hydrogen (secondary N) is 1. The topological polar surface area (TPSA) is 84.7 Å². The Morgan fingerprint density at radius 1 is 1.39 bits per heavy atom. The van der Waals surface area contributed by atoms with Crippen LogP contribution in [-0.2, 0) is 14.8 Å². The van der Waals surface area contributed by atoms with Crippen LogP contribution in [0.4, 0.5) is 5.69 Å². The SMILES string of the molecule is CCOCCN(C)S(=O)(=O)c1ccccc1NN. The second kappa shape index (κ2) is 6.69. The van der Waals surface area contributed by atoms with Crippen LogP contribution in [0.1, 0.15) is 6.92 Å². The van der Waals surface area contributed by atoms with Gasteiger partial charge >= 0.3 is 0 Å². The molecule has 0 fully saturated rings. The maximum atomic E-state index is 12.3. The highest BCUT2D eigenvalue weighted by Crippen LogP contribution is 2.22. The summed E-state index contributed by atoms with van der Waals surface area (Å²) >= 11 is 0. The quantitative estimate of drug-likeness (QED) is 0.432. The van der Waals surface area contributed by atoms with Crippen molar-refractivity contribution in [3.05, 3.63) is 24.3 Å². The van der Waals surface area contributed by atoms with E-state index in [1.54, 1.807) is 18.2 Å². The van der Waals surface area contributed by atoms with Crippen LogP contribution in [0.5, 0.6) is 0 Å². The summed E-state index contributed by atoms with van der Waals surface area (Å²) in [5.41, 5.74) is 2.76. The molecule has 0 amide bonds. The number of para-hydroxylation sites is 1. The van der Waals surface area contributed by atoms with Gasteiger partial charge in [-0.15, -0.1) is 0 Å². The van der Waals surface area contributed by atoms with Gasteiger partial charge in [0.25, 0.3) is 0 Å². The molecule has 7 heteroatoms. The molecule has 0 unspecified atom stereocenters. The molecule has 0 aromatic heterocycles. The Bertz CT molecular complexity index is 476. The van der Waals surface area contributed by atoms with E-state index < -0.39 is 10.0 Å². The molecule has 1 aromatic carbocycles. The monoisotopic (exact) mass is 273 g/mol. The molecule has 6 nitrogen and oxygen atoms in total. The number of hydrogen-bond acceptors (Lipinski definition) is 5. The molecule has 3 N–H and O–H groups in total. The summed E-state index contributed by atoms with van der Waals surface area (Å²) in [6, 6.07) is 6.50. The molecule has 0 bridgehead atoms. The molecule has 0 saturated heterocycles. The van der Waals surface area contributed by atoms with Crippen molar-refractivity contribution in [1.82, 2.24) is 4.31 Å². The number of nitrogen functional groups attached to an aromatic ring is 1. The van der Waals surface area contributed by atoms with Crippen LogP contribution in [0.2, 0.25) is 0 Å². The summed E-state index contributed by atoms with van der Waals surface area (Å²) in [4.78, 5) is 0.159.